The lowest BCUT2D eigenvalue weighted by Crippen LogP contribution is -2.19. The highest BCUT2D eigenvalue weighted by molar-refractivity contribution is 7.83. The van der Waals surface area contributed by atoms with Crippen LogP contribution in [0.3, 0.4) is 0 Å². The summed E-state index contributed by atoms with van der Waals surface area (Å²) in [5.41, 5.74) is 0. The summed E-state index contributed by atoms with van der Waals surface area (Å²) in [6, 6.07) is 0.106. The Balaban J connectivity index is 2.36. The number of hydrogen-bond donors (Lipinski definition) is 1. The van der Waals surface area contributed by atoms with E-state index in [-0.39, 0.29) is 6.04 Å². The van der Waals surface area contributed by atoms with Crippen LogP contribution < -0.4 is 5.09 Å². The van der Waals surface area contributed by atoms with Gasteiger partial charge in [-0.3, -0.25) is 4.57 Å². The molecule has 1 aliphatic heterocycles. The molecule has 1 rings (SSSR count). The molecule has 0 saturated carbocycles. The molecule has 64 valence electrons. The number of hydrogen-bond acceptors (Lipinski definition) is 2. The van der Waals surface area contributed by atoms with Crippen LogP contribution in [0.15, 0.2) is 12.2 Å². The second-order valence-electron chi connectivity index (χ2n) is 2.41. The van der Waals surface area contributed by atoms with Crippen molar-refractivity contribution in [3.05, 3.63) is 12.2 Å². The quantitative estimate of drug-likeness (QED) is 0.543. The van der Waals surface area contributed by atoms with Crippen LogP contribution in [0.25, 0.3) is 0 Å². The standard InChI is InChI=1S/C6H11ClNO2P/c1-2-3-4-6-5-10-11(7,9)8-6/h2-3,6H,4-5H2,1H3,(H,8,9)/t6-,11?/m1/s1. The van der Waals surface area contributed by atoms with Crippen molar-refractivity contribution in [2.24, 2.45) is 0 Å². The molecule has 1 aliphatic rings. The van der Waals surface area contributed by atoms with Crippen molar-refractivity contribution < 1.29 is 9.09 Å². The molecule has 2 atom stereocenters. The molecular formula is C6H11ClNO2P. The fourth-order valence-electron chi connectivity index (χ4n) is 0.900. The lowest BCUT2D eigenvalue weighted by Gasteiger charge is -2.02. The first-order chi connectivity index (χ1) is 5.14. The van der Waals surface area contributed by atoms with Gasteiger partial charge in [0.2, 0.25) is 0 Å². The molecule has 1 heterocycles. The number of nitrogens with one attached hydrogen (secondary N) is 1. The van der Waals surface area contributed by atoms with E-state index in [9.17, 15) is 4.57 Å². The second kappa shape index (κ2) is 3.72. The third-order valence-corrected chi connectivity index (χ3v) is 3.18. The Morgan fingerprint density at radius 1 is 1.91 bits per heavy atom. The van der Waals surface area contributed by atoms with Gasteiger partial charge in [0.15, 0.2) is 0 Å². The number of rotatable bonds is 2. The zero-order valence-electron chi connectivity index (χ0n) is 6.29. The first-order valence-electron chi connectivity index (χ1n) is 3.47. The molecule has 0 radical (unpaired) electrons. The minimum Gasteiger partial charge on any atom is -0.305 e. The lowest BCUT2D eigenvalue weighted by atomic mass is 10.2. The largest absolute Gasteiger partial charge is 0.360 e. The fourth-order valence-corrected chi connectivity index (χ4v) is 2.54. The molecule has 0 aliphatic carbocycles. The number of allylic oxidation sites excluding steroid dienone is 1. The monoisotopic (exact) mass is 195 g/mol. The SMILES string of the molecule is CC=CC[C@@H]1COP(=O)(Cl)N1. The summed E-state index contributed by atoms with van der Waals surface area (Å²) in [5, 5.41) is 2.71. The zero-order chi connectivity index (χ0) is 8.32. The molecule has 0 spiro atoms. The summed E-state index contributed by atoms with van der Waals surface area (Å²) in [5.74, 6) is 0. The van der Waals surface area contributed by atoms with Gasteiger partial charge in [0.1, 0.15) is 0 Å². The maximum atomic E-state index is 11.0. The summed E-state index contributed by atoms with van der Waals surface area (Å²) >= 11 is 5.44. The van der Waals surface area contributed by atoms with Crippen molar-refractivity contribution in [3.8, 4) is 0 Å². The van der Waals surface area contributed by atoms with Crippen LogP contribution in [0.4, 0.5) is 0 Å². The Morgan fingerprint density at radius 2 is 2.64 bits per heavy atom. The molecule has 1 N–H and O–H groups in total. The predicted octanol–water partition coefficient (Wildman–Crippen LogP) is 2.29. The average molecular weight is 196 g/mol. The molecule has 0 aromatic heterocycles. The summed E-state index contributed by atoms with van der Waals surface area (Å²) in [6.45, 7) is -0.575. The van der Waals surface area contributed by atoms with Gasteiger partial charge in [-0.1, -0.05) is 12.2 Å². The van der Waals surface area contributed by atoms with Crippen LogP contribution in [0, 0.1) is 0 Å². The Hall–Kier alpha value is 0.180. The molecule has 0 bridgehead atoms. The molecule has 3 nitrogen and oxygen atoms in total. The Kier molecular flexibility index (Phi) is 3.14. The van der Waals surface area contributed by atoms with Crippen molar-refractivity contribution in [2.75, 3.05) is 6.61 Å². The van der Waals surface area contributed by atoms with E-state index in [4.69, 9.17) is 15.8 Å². The molecule has 1 saturated heterocycles. The van der Waals surface area contributed by atoms with E-state index in [1.165, 1.54) is 0 Å². The van der Waals surface area contributed by atoms with Gasteiger partial charge in [-0.05, 0) is 24.6 Å². The molecule has 1 fully saturated rings. The Labute approximate surface area is 71.1 Å². The van der Waals surface area contributed by atoms with Gasteiger partial charge in [0.25, 0.3) is 0 Å². The summed E-state index contributed by atoms with van der Waals surface area (Å²) < 4.78 is 15.8. The first kappa shape index (κ1) is 9.27. The smallest absolute Gasteiger partial charge is 0.305 e. The number of halogens is 1. The maximum Gasteiger partial charge on any atom is 0.360 e. The van der Waals surface area contributed by atoms with Crippen LogP contribution in [0.2, 0.25) is 0 Å². The Bertz CT molecular complexity index is 207. The molecular weight excluding hydrogens is 184 g/mol. The summed E-state index contributed by atoms with van der Waals surface area (Å²) in [4.78, 5) is 0. The van der Waals surface area contributed by atoms with Gasteiger partial charge in [0, 0.05) is 6.04 Å². The summed E-state index contributed by atoms with van der Waals surface area (Å²) in [7, 11) is 0. The molecule has 11 heavy (non-hydrogen) atoms. The van der Waals surface area contributed by atoms with E-state index in [2.05, 4.69) is 5.09 Å². The average Bonchev–Trinajstić information content (AvgIpc) is 2.26. The molecule has 0 aromatic carbocycles. The third kappa shape index (κ3) is 2.96. The van der Waals surface area contributed by atoms with Crippen molar-refractivity contribution in [2.45, 2.75) is 19.4 Å². The van der Waals surface area contributed by atoms with Gasteiger partial charge in [0.05, 0.1) is 6.61 Å². The zero-order valence-corrected chi connectivity index (χ0v) is 7.94. The highest BCUT2D eigenvalue weighted by Gasteiger charge is 2.31. The Morgan fingerprint density at radius 3 is 3.09 bits per heavy atom. The van der Waals surface area contributed by atoms with Gasteiger partial charge < -0.3 is 4.52 Å². The summed E-state index contributed by atoms with van der Waals surface area (Å²) in [6.07, 6.45) is 4.75. The van der Waals surface area contributed by atoms with Crippen LogP contribution in [0.5, 0.6) is 0 Å². The van der Waals surface area contributed by atoms with E-state index in [0.29, 0.717) is 6.61 Å². The third-order valence-electron chi connectivity index (χ3n) is 1.43. The van der Waals surface area contributed by atoms with Gasteiger partial charge in [-0.15, -0.1) is 0 Å². The molecule has 0 amide bonds. The van der Waals surface area contributed by atoms with E-state index < -0.39 is 6.87 Å². The van der Waals surface area contributed by atoms with Crippen molar-refractivity contribution >= 4 is 18.1 Å². The van der Waals surface area contributed by atoms with Crippen LogP contribution in [-0.4, -0.2) is 12.6 Å². The lowest BCUT2D eigenvalue weighted by molar-refractivity contribution is 0.341. The van der Waals surface area contributed by atoms with Crippen LogP contribution in [-0.2, 0) is 9.09 Å². The molecule has 0 aromatic rings. The highest BCUT2D eigenvalue weighted by Crippen LogP contribution is 2.52. The molecule has 5 heteroatoms. The van der Waals surface area contributed by atoms with E-state index in [1.807, 2.05) is 19.1 Å². The van der Waals surface area contributed by atoms with Crippen LogP contribution >= 0.6 is 18.1 Å². The predicted molar refractivity (Wildman–Crippen MR) is 45.8 cm³/mol. The van der Waals surface area contributed by atoms with Crippen molar-refractivity contribution in [1.29, 1.82) is 0 Å². The first-order valence-corrected chi connectivity index (χ1v) is 6.00. The van der Waals surface area contributed by atoms with Gasteiger partial charge in [-0.25, -0.2) is 5.09 Å². The maximum absolute atomic E-state index is 11.0. The normalized spacial score (nSPS) is 38.5. The molecule has 1 unspecified atom stereocenters. The van der Waals surface area contributed by atoms with Gasteiger partial charge >= 0.3 is 6.87 Å². The highest BCUT2D eigenvalue weighted by atomic mass is 35.7. The second-order valence-corrected chi connectivity index (χ2v) is 5.22. The van der Waals surface area contributed by atoms with E-state index in [1.54, 1.807) is 0 Å². The minimum atomic E-state index is -2.95. The fraction of sp³-hybridized carbons (Fsp3) is 0.667. The van der Waals surface area contributed by atoms with E-state index in [0.717, 1.165) is 6.42 Å². The van der Waals surface area contributed by atoms with Gasteiger partial charge in [-0.2, -0.15) is 0 Å². The van der Waals surface area contributed by atoms with Crippen molar-refractivity contribution in [3.63, 3.8) is 0 Å². The topological polar surface area (TPSA) is 38.3 Å². The van der Waals surface area contributed by atoms with Crippen molar-refractivity contribution in [1.82, 2.24) is 5.09 Å². The van der Waals surface area contributed by atoms with E-state index >= 15 is 0 Å². The van der Waals surface area contributed by atoms with Crippen LogP contribution in [0.1, 0.15) is 13.3 Å². The minimum absolute atomic E-state index is 0.106.